The molecular weight excluding hydrogens is 604 g/mol. The quantitative estimate of drug-likeness (QED) is 0.228. The number of azo groups is 1. The summed E-state index contributed by atoms with van der Waals surface area (Å²) in [5, 5.41) is 11.0. The summed E-state index contributed by atoms with van der Waals surface area (Å²) in [5.74, 6) is 1.44. The van der Waals surface area contributed by atoms with Gasteiger partial charge in [-0.05, 0) is 97.7 Å². The Balaban J connectivity index is 1.10. The molecule has 2 fully saturated rings. The molecule has 6 rings (SSSR count). The predicted octanol–water partition coefficient (Wildman–Crippen LogP) is 5.76. The van der Waals surface area contributed by atoms with Crippen LogP contribution in [0.1, 0.15) is 43.2 Å². The third kappa shape index (κ3) is 9.21. The molecule has 10 heteroatoms. The molecule has 0 spiro atoms. The van der Waals surface area contributed by atoms with Gasteiger partial charge in [0.15, 0.2) is 12.5 Å². The predicted molar refractivity (Wildman–Crippen MR) is 187 cm³/mol. The van der Waals surface area contributed by atoms with Gasteiger partial charge in [0, 0.05) is 49.1 Å². The molecule has 1 amide bonds. The number of amides is 1. The zero-order chi connectivity index (χ0) is 33.1. The zero-order valence-corrected chi connectivity index (χ0v) is 27.6. The standard InChI is InChI=1S/C38H46N6O4/c39-25-28-6-10-30(11-7-28)36(45)24-33(38(46)42-34-14-12-31(13-15-34)37-40-26-41-43-37)22-27-4-8-29(9-5-27)32-2-1-3-35(23-32)48-21-18-44-16-19-47-20-17-44/h1-5,8-9,12-15,23,28,30,33H,6-7,10-11,16-22,24-26,39H2,(H,42,46)/t28?,30?,33-/m1/s1. The zero-order valence-electron chi connectivity index (χ0n) is 27.6. The van der Waals surface area contributed by atoms with Gasteiger partial charge in [0.1, 0.15) is 18.1 Å². The van der Waals surface area contributed by atoms with Gasteiger partial charge in [0.05, 0.1) is 13.2 Å². The number of Topliss-reactive ketones (excluding diaryl/α,β-unsaturated/α-hetero) is 1. The minimum Gasteiger partial charge on any atom is -0.492 e. The Hall–Kier alpha value is -4.25. The summed E-state index contributed by atoms with van der Waals surface area (Å²) >= 11 is 0. The van der Waals surface area contributed by atoms with Crippen molar-refractivity contribution in [1.82, 2.24) is 4.90 Å². The Morgan fingerprint density at radius 3 is 2.40 bits per heavy atom. The van der Waals surface area contributed by atoms with Gasteiger partial charge in [-0.2, -0.15) is 5.11 Å². The molecule has 3 aromatic carbocycles. The van der Waals surface area contributed by atoms with Crippen LogP contribution in [-0.4, -0.2) is 75.1 Å². The number of nitrogens with two attached hydrogens (primary N) is 1. The van der Waals surface area contributed by atoms with Crippen molar-refractivity contribution in [3.8, 4) is 16.9 Å². The van der Waals surface area contributed by atoms with Gasteiger partial charge in [-0.3, -0.25) is 14.5 Å². The first kappa shape index (κ1) is 33.6. The highest BCUT2D eigenvalue weighted by molar-refractivity contribution is 6.01. The number of carbonyl (C=O) groups excluding carboxylic acids is 2. The smallest absolute Gasteiger partial charge is 0.228 e. The van der Waals surface area contributed by atoms with Crippen molar-refractivity contribution in [2.45, 2.75) is 38.5 Å². The second kappa shape index (κ2) is 16.7. The van der Waals surface area contributed by atoms with Crippen molar-refractivity contribution in [3.63, 3.8) is 0 Å². The van der Waals surface area contributed by atoms with E-state index in [9.17, 15) is 9.59 Å². The highest BCUT2D eigenvalue weighted by Gasteiger charge is 2.30. The molecule has 3 N–H and O–H groups in total. The van der Waals surface area contributed by atoms with E-state index in [-0.39, 0.29) is 24.0 Å². The lowest BCUT2D eigenvalue weighted by Crippen LogP contribution is -2.38. The molecule has 1 aliphatic carbocycles. The number of aliphatic imine (C=N–C) groups is 1. The van der Waals surface area contributed by atoms with E-state index in [0.29, 0.717) is 43.7 Å². The van der Waals surface area contributed by atoms with Crippen molar-refractivity contribution >= 4 is 23.2 Å². The summed E-state index contributed by atoms with van der Waals surface area (Å²) in [4.78, 5) is 33.9. The number of benzene rings is 3. The van der Waals surface area contributed by atoms with Gasteiger partial charge >= 0.3 is 0 Å². The van der Waals surface area contributed by atoms with Crippen LogP contribution in [0.25, 0.3) is 11.1 Å². The Morgan fingerprint density at radius 1 is 0.938 bits per heavy atom. The van der Waals surface area contributed by atoms with E-state index in [4.69, 9.17) is 15.2 Å². The van der Waals surface area contributed by atoms with Crippen LogP contribution in [0, 0.1) is 17.8 Å². The van der Waals surface area contributed by atoms with Gasteiger partial charge in [-0.1, -0.05) is 36.4 Å². The molecule has 1 saturated heterocycles. The van der Waals surface area contributed by atoms with E-state index in [2.05, 4.69) is 61.8 Å². The molecule has 1 atom stereocenters. The number of nitrogens with zero attached hydrogens (tertiary/aromatic N) is 4. The fourth-order valence-electron chi connectivity index (χ4n) is 6.71. The lowest BCUT2D eigenvalue weighted by molar-refractivity contribution is -0.129. The van der Waals surface area contributed by atoms with Crippen LogP contribution < -0.4 is 15.8 Å². The third-order valence-corrected chi connectivity index (χ3v) is 9.70. The van der Waals surface area contributed by atoms with E-state index in [1.807, 2.05) is 36.4 Å². The summed E-state index contributed by atoms with van der Waals surface area (Å²) in [6.07, 6.45) is 4.33. The number of nitrogens with one attached hydrogen (secondary N) is 1. The highest BCUT2D eigenvalue weighted by atomic mass is 16.5. The average Bonchev–Trinajstić information content (AvgIpc) is 3.68. The van der Waals surface area contributed by atoms with Crippen molar-refractivity contribution < 1.29 is 19.1 Å². The molecule has 0 unspecified atom stereocenters. The Kier molecular flexibility index (Phi) is 11.7. The van der Waals surface area contributed by atoms with E-state index in [1.54, 1.807) is 0 Å². The number of ether oxygens (including phenoxy) is 2. The van der Waals surface area contributed by atoms with E-state index >= 15 is 0 Å². The number of carbonyl (C=O) groups is 2. The van der Waals surface area contributed by atoms with Crippen LogP contribution in [-0.2, 0) is 20.7 Å². The second-order valence-corrected chi connectivity index (χ2v) is 13.0. The number of hydrogen-bond donors (Lipinski definition) is 2. The lowest BCUT2D eigenvalue weighted by atomic mass is 9.77. The largest absolute Gasteiger partial charge is 0.492 e. The summed E-state index contributed by atoms with van der Waals surface area (Å²) < 4.78 is 11.5. The Bertz CT molecular complexity index is 1580. The van der Waals surface area contributed by atoms with Crippen LogP contribution in [0.4, 0.5) is 5.69 Å². The normalized spacial score (nSPS) is 20.2. The summed E-state index contributed by atoms with van der Waals surface area (Å²) in [6, 6.07) is 23.8. The molecule has 252 valence electrons. The molecule has 1 saturated carbocycles. The van der Waals surface area contributed by atoms with Crippen molar-refractivity contribution in [2.75, 3.05) is 58.0 Å². The molecule has 2 aliphatic heterocycles. The van der Waals surface area contributed by atoms with Gasteiger partial charge in [-0.25, -0.2) is 4.99 Å². The van der Waals surface area contributed by atoms with Crippen LogP contribution in [0.15, 0.2) is 88.0 Å². The summed E-state index contributed by atoms with van der Waals surface area (Å²) in [7, 11) is 0. The van der Waals surface area contributed by atoms with Crippen molar-refractivity contribution in [1.29, 1.82) is 0 Å². The Morgan fingerprint density at radius 2 is 1.69 bits per heavy atom. The van der Waals surface area contributed by atoms with E-state index in [0.717, 1.165) is 86.5 Å². The minimum absolute atomic E-state index is 0.00512. The fourth-order valence-corrected chi connectivity index (χ4v) is 6.71. The number of anilines is 1. The topological polar surface area (TPSA) is 131 Å². The first-order valence-corrected chi connectivity index (χ1v) is 17.2. The van der Waals surface area contributed by atoms with Gasteiger partial charge in [0.2, 0.25) is 5.91 Å². The number of rotatable bonds is 14. The maximum absolute atomic E-state index is 13.7. The fraction of sp³-hybridized carbons (Fsp3) is 0.447. The van der Waals surface area contributed by atoms with Crippen molar-refractivity contribution in [2.24, 2.45) is 38.7 Å². The second-order valence-electron chi connectivity index (χ2n) is 13.0. The summed E-state index contributed by atoms with van der Waals surface area (Å²) in [5.41, 5.74) is 10.5. The Labute approximate surface area is 282 Å². The molecule has 3 aromatic rings. The molecule has 48 heavy (non-hydrogen) atoms. The summed E-state index contributed by atoms with van der Waals surface area (Å²) in [6.45, 7) is 5.97. The maximum Gasteiger partial charge on any atom is 0.228 e. The van der Waals surface area contributed by atoms with Gasteiger partial charge < -0.3 is 20.5 Å². The number of ketones is 1. The number of amidine groups is 1. The number of morpholine rings is 1. The van der Waals surface area contributed by atoms with Crippen LogP contribution in [0.5, 0.6) is 5.75 Å². The van der Waals surface area contributed by atoms with Crippen LogP contribution in [0.3, 0.4) is 0 Å². The molecule has 0 bridgehead atoms. The molecule has 2 heterocycles. The van der Waals surface area contributed by atoms with Crippen LogP contribution in [0.2, 0.25) is 0 Å². The maximum atomic E-state index is 13.7. The molecular formula is C38H46N6O4. The molecule has 0 radical (unpaired) electrons. The first-order chi connectivity index (χ1) is 23.5. The van der Waals surface area contributed by atoms with Crippen molar-refractivity contribution in [3.05, 3.63) is 83.9 Å². The average molecular weight is 651 g/mol. The monoisotopic (exact) mass is 650 g/mol. The highest BCUT2D eigenvalue weighted by Crippen LogP contribution is 2.31. The van der Waals surface area contributed by atoms with Crippen LogP contribution >= 0.6 is 0 Å². The first-order valence-electron chi connectivity index (χ1n) is 17.2. The minimum atomic E-state index is -0.494. The lowest BCUT2D eigenvalue weighted by Gasteiger charge is -2.27. The van der Waals surface area contributed by atoms with E-state index < -0.39 is 5.92 Å². The molecule has 3 aliphatic rings. The number of hydrogen-bond acceptors (Lipinski definition) is 9. The SMILES string of the molecule is NCC1CCC(C(=O)C[C@@H](Cc2ccc(-c3cccc(OCCN4CCOCC4)c3)cc2)C(=O)Nc2ccc(C3=NCN=N3)cc2)CC1. The third-order valence-electron chi connectivity index (χ3n) is 9.70. The molecule has 0 aromatic heterocycles. The van der Waals surface area contributed by atoms with Gasteiger partial charge in [-0.15, -0.1) is 5.11 Å². The molecule has 10 nitrogen and oxygen atoms in total. The van der Waals surface area contributed by atoms with E-state index in [1.165, 1.54) is 0 Å². The van der Waals surface area contributed by atoms with Gasteiger partial charge in [0.25, 0.3) is 0 Å².